The van der Waals surface area contributed by atoms with Crippen LogP contribution in [0, 0.1) is 0 Å². The number of fused-ring (bicyclic) bond motifs is 6. The van der Waals surface area contributed by atoms with Crippen molar-refractivity contribution in [1.82, 2.24) is 39.9 Å². The highest BCUT2D eigenvalue weighted by Gasteiger charge is 2.24. The van der Waals surface area contributed by atoms with Gasteiger partial charge in [-0.3, -0.25) is 9.59 Å². The van der Waals surface area contributed by atoms with Gasteiger partial charge in [0.15, 0.2) is 0 Å². The molecule has 4 aromatic heterocycles. The maximum atomic E-state index is 12.1. The second-order valence-corrected chi connectivity index (χ2v) is 14.8. The molecule has 2 amide bonds. The fourth-order valence-electron chi connectivity index (χ4n) is 5.48. The summed E-state index contributed by atoms with van der Waals surface area (Å²) in [6.45, 7) is 1.35. The third-order valence-corrected chi connectivity index (χ3v) is 9.29. The Balaban J connectivity index is 0.000000175. The summed E-state index contributed by atoms with van der Waals surface area (Å²) in [5.41, 5.74) is 12.6. The Morgan fingerprint density at radius 2 is 1.29 bits per heavy atom. The van der Waals surface area contributed by atoms with Crippen molar-refractivity contribution in [3.05, 3.63) is 106 Å². The molecule has 2 aliphatic rings. The van der Waals surface area contributed by atoms with Gasteiger partial charge in [0.2, 0.25) is 32.8 Å². The highest BCUT2D eigenvalue weighted by molar-refractivity contribution is 7.90. The Labute approximate surface area is 327 Å². The van der Waals surface area contributed by atoms with E-state index >= 15 is 0 Å². The summed E-state index contributed by atoms with van der Waals surface area (Å²) in [7, 11) is -3.53. The van der Waals surface area contributed by atoms with Gasteiger partial charge in [-0.2, -0.15) is 0 Å². The topological polar surface area (TPSA) is 239 Å². The molecule has 0 saturated carbocycles. The molecule has 0 aliphatic carbocycles. The highest BCUT2D eigenvalue weighted by atomic mass is 35.5. The zero-order valence-electron chi connectivity index (χ0n) is 28.7. The normalized spacial score (nSPS) is 12.5. The number of amides is 2. The number of halogens is 2. The first kappa shape index (κ1) is 40.4. The number of carbonyl (C=O) groups is 2. The summed E-state index contributed by atoms with van der Waals surface area (Å²) in [4.78, 5) is 54.6. The average molecular weight is 806 g/mol. The summed E-state index contributed by atoms with van der Waals surface area (Å²) >= 11 is 12.0. The van der Waals surface area contributed by atoms with Gasteiger partial charge in [-0.25, -0.2) is 38.3 Å². The van der Waals surface area contributed by atoms with E-state index in [0.29, 0.717) is 57.3 Å². The third kappa shape index (κ3) is 10.5. The van der Waals surface area contributed by atoms with Crippen molar-refractivity contribution in [2.45, 2.75) is 38.3 Å². The van der Waals surface area contributed by atoms with Crippen LogP contribution >= 0.6 is 23.2 Å². The van der Waals surface area contributed by atoms with Gasteiger partial charge in [0, 0.05) is 94.1 Å². The van der Waals surface area contributed by atoms with E-state index in [1.54, 1.807) is 61.6 Å². The van der Waals surface area contributed by atoms with Crippen LogP contribution in [-0.4, -0.2) is 79.4 Å². The summed E-state index contributed by atoms with van der Waals surface area (Å²) < 4.78 is 23.2. The molecule has 0 bridgehead atoms. The molecule has 6 heterocycles. The number of hydrogen-bond acceptors (Lipinski definition) is 12. The van der Waals surface area contributed by atoms with Gasteiger partial charge >= 0.3 is 0 Å². The number of rotatable bonds is 7. The van der Waals surface area contributed by atoms with E-state index in [1.807, 2.05) is 6.07 Å². The second kappa shape index (κ2) is 18.1. The lowest BCUT2D eigenvalue weighted by molar-refractivity contribution is -0.116. The van der Waals surface area contributed by atoms with E-state index in [0.717, 1.165) is 47.3 Å². The van der Waals surface area contributed by atoms with Crippen molar-refractivity contribution in [3.63, 3.8) is 0 Å². The number of imidazole rings is 2. The number of anilines is 3. The van der Waals surface area contributed by atoms with Crippen LogP contribution in [0.25, 0.3) is 22.5 Å². The van der Waals surface area contributed by atoms with Crippen molar-refractivity contribution >= 4 is 62.2 Å². The fraction of sp³-hybridized carbons (Fsp3) is 0.222. The Kier molecular flexibility index (Phi) is 13.3. The number of sulfone groups is 1. The third-order valence-electron chi connectivity index (χ3n) is 7.96. The molecule has 6 aromatic rings. The average Bonchev–Trinajstić information content (AvgIpc) is 3.80. The predicted octanol–water partition coefficient (Wildman–Crippen LogP) is 4.91. The summed E-state index contributed by atoms with van der Waals surface area (Å²) in [6.07, 6.45) is 13.0. The van der Waals surface area contributed by atoms with Crippen molar-refractivity contribution in [3.8, 4) is 22.5 Å². The van der Waals surface area contributed by atoms with E-state index < -0.39 is 9.84 Å². The van der Waals surface area contributed by atoms with Gasteiger partial charge in [-0.1, -0.05) is 30.6 Å². The van der Waals surface area contributed by atoms with Gasteiger partial charge in [-0.05, 0) is 42.9 Å². The summed E-state index contributed by atoms with van der Waals surface area (Å²) in [6, 6.07) is 10.3. The number of nitrogens with two attached hydrogens (primary N) is 1. The van der Waals surface area contributed by atoms with Gasteiger partial charge in [0.05, 0.1) is 48.3 Å². The minimum atomic E-state index is -3.53. The van der Waals surface area contributed by atoms with Gasteiger partial charge in [0.25, 0.3) is 0 Å². The molecular weight excluding hydrogens is 767 g/mol. The molecule has 0 atom stereocenters. The Morgan fingerprint density at radius 3 is 1.80 bits per heavy atom. The Hall–Kier alpha value is -5.75. The number of aromatic amines is 2. The quantitative estimate of drug-likeness (QED) is 0.118. The van der Waals surface area contributed by atoms with Crippen LogP contribution in [0.3, 0.4) is 0 Å². The van der Waals surface area contributed by atoms with Crippen LogP contribution in [-0.2, 0) is 45.1 Å². The van der Waals surface area contributed by atoms with Gasteiger partial charge < -0.3 is 31.7 Å². The van der Waals surface area contributed by atoms with Crippen LogP contribution in [0.15, 0.2) is 79.0 Å². The minimum absolute atomic E-state index is 0. The van der Waals surface area contributed by atoms with E-state index in [1.165, 1.54) is 6.20 Å². The van der Waals surface area contributed by atoms with Crippen LogP contribution in [0.1, 0.15) is 29.9 Å². The zero-order chi connectivity index (χ0) is 38.2. The Bertz CT molecular complexity index is 2390. The van der Waals surface area contributed by atoms with E-state index in [-0.39, 0.29) is 37.2 Å². The molecule has 16 nitrogen and oxygen atoms in total. The van der Waals surface area contributed by atoms with E-state index in [9.17, 15) is 18.0 Å². The second-order valence-electron chi connectivity index (χ2n) is 12.1. The predicted molar refractivity (Wildman–Crippen MR) is 212 cm³/mol. The standard InChI is InChI=1S/C17H15ClN6O.C13H10ClN3O3S.C5H9N3.CH4/c18-11-1-2-13-14(6-11)23-15(25)5-10-7-21-17(24-16(10)13)20-4-3-12-8-19-9-22-12;1-21(19,20)13-15-6-7-4-11(18)16-10-5-8(14)2-3-9(10)12(7)17-13;6-2-1-5-3-7-4-8-5;/h1-2,6-9H,3-5H2,(H,19,22)(H,23,25)(H,20,21,24);2-3,5-6H,4H2,1H3,(H,16,18);3-4H,1-2,6H2,(H,7,8);1H4. The lowest BCUT2D eigenvalue weighted by Gasteiger charge is -2.10. The zero-order valence-corrected chi connectivity index (χ0v) is 31.1. The highest BCUT2D eigenvalue weighted by Crippen LogP contribution is 2.36. The molecule has 7 N–H and O–H groups in total. The number of nitrogens with zero attached hydrogens (tertiary/aromatic N) is 6. The van der Waals surface area contributed by atoms with Crippen molar-refractivity contribution in [1.29, 1.82) is 0 Å². The first-order chi connectivity index (χ1) is 26.0. The largest absolute Gasteiger partial charge is 0.354 e. The Morgan fingerprint density at radius 1 is 0.764 bits per heavy atom. The lowest BCUT2D eigenvalue weighted by atomic mass is 10.1. The van der Waals surface area contributed by atoms with E-state index in [2.05, 4.69) is 55.8 Å². The maximum Gasteiger partial charge on any atom is 0.247 e. The molecule has 286 valence electrons. The van der Waals surface area contributed by atoms with Crippen molar-refractivity contribution < 1.29 is 18.0 Å². The van der Waals surface area contributed by atoms with Crippen LogP contribution in [0.4, 0.5) is 17.3 Å². The minimum Gasteiger partial charge on any atom is -0.354 e. The molecule has 0 saturated heterocycles. The fourth-order valence-corrected chi connectivity index (χ4v) is 6.33. The van der Waals surface area contributed by atoms with Crippen LogP contribution < -0.4 is 21.7 Å². The molecule has 0 fully saturated rings. The van der Waals surface area contributed by atoms with Crippen molar-refractivity contribution in [2.75, 3.05) is 35.3 Å². The maximum absolute atomic E-state index is 12.1. The molecule has 0 radical (unpaired) electrons. The summed E-state index contributed by atoms with van der Waals surface area (Å²) in [5.74, 6) is 0.187. The lowest BCUT2D eigenvalue weighted by Crippen LogP contribution is -2.13. The first-order valence-electron chi connectivity index (χ1n) is 16.5. The SMILES string of the molecule is C.CS(=O)(=O)c1ncc2c(n1)-c1ccc(Cl)cc1NC(=O)C2.NCCc1cnc[nH]1.O=C1Cc2cnc(NCCc3cnc[nH]3)nc2-c2ccc(Cl)cc2N1. The molecule has 55 heavy (non-hydrogen) atoms. The summed E-state index contributed by atoms with van der Waals surface area (Å²) in [5, 5.41) is 9.57. The molecule has 2 aliphatic heterocycles. The number of nitrogens with one attached hydrogen (secondary N) is 5. The first-order valence-corrected chi connectivity index (χ1v) is 19.1. The molecule has 8 rings (SSSR count). The number of aromatic nitrogens is 8. The number of benzene rings is 2. The van der Waals surface area contributed by atoms with Crippen LogP contribution in [0.2, 0.25) is 10.0 Å². The molecule has 19 heteroatoms. The van der Waals surface area contributed by atoms with Crippen molar-refractivity contribution in [2.24, 2.45) is 5.73 Å². The number of hydrogen-bond donors (Lipinski definition) is 6. The number of carbonyl (C=O) groups excluding carboxylic acids is 2. The van der Waals surface area contributed by atoms with E-state index in [4.69, 9.17) is 28.9 Å². The molecule has 0 unspecified atom stereocenters. The number of H-pyrrole nitrogens is 2. The monoisotopic (exact) mass is 804 g/mol. The van der Waals surface area contributed by atoms with Gasteiger partial charge in [-0.15, -0.1) is 0 Å². The molecular formula is C36H38Cl2N12O4S. The van der Waals surface area contributed by atoms with Crippen LogP contribution in [0.5, 0.6) is 0 Å². The van der Waals surface area contributed by atoms with Gasteiger partial charge in [0.1, 0.15) is 0 Å². The molecule has 2 aromatic carbocycles. The smallest absolute Gasteiger partial charge is 0.247 e. The molecule has 0 spiro atoms.